The number of benzene rings is 1. The lowest BCUT2D eigenvalue weighted by Gasteiger charge is -2.26. The molecule has 1 fully saturated rings. The van der Waals surface area contributed by atoms with Crippen molar-refractivity contribution < 1.29 is 14.3 Å². The molecule has 25 heavy (non-hydrogen) atoms. The normalized spacial score (nSPS) is 14.2. The highest BCUT2D eigenvalue weighted by molar-refractivity contribution is 9.10. The molecule has 1 aromatic carbocycles. The maximum absolute atomic E-state index is 12.4. The predicted octanol–water partition coefficient (Wildman–Crippen LogP) is 2.25. The van der Waals surface area contributed by atoms with E-state index in [-0.39, 0.29) is 11.8 Å². The van der Waals surface area contributed by atoms with Crippen LogP contribution in [0.1, 0.15) is 26.3 Å². The minimum absolute atomic E-state index is 0.0131. The summed E-state index contributed by atoms with van der Waals surface area (Å²) in [6, 6.07) is 9.01. The minimum Gasteiger partial charge on any atom is -0.378 e. The molecule has 1 aliphatic heterocycles. The van der Waals surface area contributed by atoms with E-state index in [0.717, 1.165) is 10.0 Å². The van der Waals surface area contributed by atoms with E-state index >= 15 is 0 Å². The van der Waals surface area contributed by atoms with E-state index in [1.54, 1.807) is 29.3 Å². The average Bonchev–Trinajstić information content (AvgIpc) is 2.66. The molecule has 1 N–H and O–H groups in total. The molecule has 2 amide bonds. The Balaban J connectivity index is 1.57. The number of hydrogen-bond donors (Lipinski definition) is 1. The van der Waals surface area contributed by atoms with Crippen molar-refractivity contribution >= 4 is 27.7 Å². The van der Waals surface area contributed by atoms with E-state index in [0.29, 0.717) is 44.0 Å². The van der Waals surface area contributed by atoms with E-state index in [1.165, 1.54) is 6.20 Å². The molecule has 0 saturated carbocycles. The molecule has 0 unspecified atom stereocenters. The Hall–Kier alpha value is -2.25. The number of pyridine rings is 1. The van der Waals surface area contributed by atoms with Gasteiger partial charge in [-0.15, -0.1) is 0 Å². The van der Waals surface area contributed by atoms with Gasteiger partial charge >= 0.3 is 0 Å². The molecule has 130 valence electrons. The Bertz CT molecular complexity index is 758. The third-order valence-electron chi connectivity index (χ3n) is 3.92. The monoisotopic (exact) mass is 403 g/mol. The average molecular weight is 404 g/mol. The van der Waals surface area contributed by atoms with Gasteiger partial charge in [0.1, 0.15) is 0 Å². The molecule has 0 aliphatic carbocycles. The number of hydrogen-bond acceptors (Lipinski definition) is 4. The van der Waals surface area contributed by atoms with Gasteiger partial charge in [-0.2, -0.15) is 0 Å². The summed E-state index contributed by atoms with van der Waals surface area (Å²) in [5.74, 6) is -0.179. The Morgan fingerprint density at radius 3 is 2.52 bits per heavy atom. The molecule has 2 heterocycles. The fraction of sp³-hybridized carbons (Fsp3) is 0.278. The van der Waals surface area contributed by atoms with Crippen molar-refractivity contribution in [2.45, 2.75) is 6.54 Å². The Morgan fingerprint density at radius 2 is 1.84 bits per heavy atom. The number of rotatable bonds is 4. The second-order valence-corrected chi connectivity index (χ2v) is 6.59. The molecule has 1 aliphatic rings. The zero-order chi connectivity index (χ0) is 17.6. The molecule has 0 bridgehead atoms. The second kappa shape index (κ2) is 8.22. The van der Waals surface area contributed by atoms with Gasteiger partial charge in [-0.05, 0) is 39.7 Å². The molecule has 0 atom stereocenters. The molecule has 2 aromatic rings. The van der Waals surface area contributed by atoms with Crippen LogP contribution < -0.4 is 5.32 Å². The Labute approximate surface area is 154 Å². The smallest absolute Gasteiger partial charge is 0.254 e. The van der Waals surface area contributed by atoms with E-state index < -0.39 is 0 Å². The first-order valence-corrected chi connectivity index (χ1v) is 8.77. The van der Waals surface area contributed by atoms with Crippen LogP contribution in [0.2, 0.25) is 0 Å². The van der Waals surface area contributed by atoms with Gasteiger partial charge in [0.25, 0.3) is 11.8 Å². The molecule has 7 heteroatoms. The highest BCUT2D eigenvalue weighted by Crippen LogP contribution is 2.11. The predicted molar refractivity (Wildman–Crippen MR) is 96.3 cm³/mol. The minimum atomic E-state index is -0.192. The van der Waals surface area contributed by atoms with Gasteiger partial charge < -0.3 is 15.0 Å². The zero-order valence-electron chi connectivity index (χ0n) is 13.6. The van der Waals surface area contributed by atoms with E-state index in [4.69, 9.17) is 4.74 Å². The molecular weight excluding hydrogens is 386 g/mol. The summed E-state index contributed by atoms with van der Waals surface area (Å²) in [4.78, 5) is 30.3. The molecule has 0 radical (unpaired) electrons. The van der Waals surface area contributed by atoms with Crippen LogP contribution in [-0.4, -0.2) is 48.0 Å². The van der Waals surface area contributed by atoms with Crippen LogP contribution in [0.5, 0.6) is 0 Å². The Morgan fingerprint density at radius 1 is 1.12 bits per heavy atom. The highest BCUT2D eigenvalue weighted by Gasteiger charge is 2.18. The lowest BCUT2D eigenvalue weighted by molar-refractivity contribution is 0.0303. The number of morpholine rings is 1. The topological polar surface area (TPSA) is 71.5 Å². The first kappa shape index (κ1) is 17.6. The summed E-state index contributed by atoms with van der Waals surface area (Å²) in [6.45, 7) is 2.80. The van der Waals surface area contributed by atoms with Gasteiger partial charge in [-0.1, -0.05) is 12.1 Å². The van der Waals surface area contributed by atoms with Crippen LogP contribution in [0, 0.1) is 0 Å². The number of amides is 2. The largest absolute Gasteiger partial charge is 0.378 e. The molecule has 0 spiro atoms. The third kappa shape index (κ3) is 4.64. The maximum atomic E-state index is 12.4. The van der Waals surface area contributed by atoms with E-state index in [9.17, 15) is 9.59 Å². The Kier molecular flexibility index (Phi) is 5.78. The van der Waals surface area contributed by atoms with E-state index in [1.807, 2.05) is 12.1 Å². The molecule has 1 saturated heterocycles. The van der Waals surface area contributed by atoms with Crippen molar-refractivity contribution in [1.29, 1.82) is 0 Å². The first-order chi connectivity index (χ1) is 12.1. The number of carbonyl (C=O) groups excluding carboxylic acids is 2. The number of nitrogens with one attached hydrogen (secondary N) is 1. The summed E-state index contributed by atoms with van der Waals surface area (Å²) in [7, 11) is 0. The number of nitrogens with zero attached hydrogens (tertiary/aromatic N) is 2. The zero-order valence-corrected chi connectivity index (χ0v) is 15.2. The van der Waals surface area contributed by atoms with Crippen LogP contribution in [0.4, 0.5) is 0 Å². The number of aromatic nitrogens is 1. The van der Waals surface area contributed by atoms with Crippen LogP contribution in [0.25, 0.3) is 0 Å². The first-order valence-electron chi connectivity index (χ1n) is 7.98. The molecule has 1 aromatic heterocycles. The standard InChI is InChI=1S/C18H18BrN3O3/c19-16-9-15(11-20-12-16)17(23)21-10-13-1-3-14(4-2-13)18(24)22-5-7-25-8-6-22/h1-4,9,11-12H,5-8,10H2,(H,21,23). The number of ether oxygens (including phenoxy) is 1. The summed E-state index contributed by atoms with van der Waals surface area (Å²) in [5, 5.41) is 2.84. The van der Waals surface area contributed by atoms with Gasteiger partial charge in [0.05, 0.1) is 18.8 Å². The van der Waals surface area contributed by atoms with E-state index in [2.05, 4.69) is 26.2 Å². The fourth-order valence-electron chi connectivity index (χ4n) is 2.53. The summed E-state index contributed by atoms with van der Waals surface area (Å²) in [6.07, 6.45) is 3.14. The maximum Gasteiger partial charge on any atom is 0.254 e. The van der Waals surface area contributed by atoms with Gasteiger partial charge in [0.15, 0.2) is 0 Å². The van der Waals surface area contributed by atoms with Crippen LogP contribution in [0.15, 0.2) is 47.2 Å². The van der Waals surface area contributed by atoms with Crippen molar-refractivity contribution in [3.63, 3.8) is 0 Å². The van der Waals surface area contributed by atoms with Crippen molar-refractivity contribution in [3.05, 3.63) is 63.9 Å². The van der Waals surface area contributed by atoms with Crippen molar-refractivity contribution in [1.82, 2.24) is 15.2 Å². The summed E-state index contributed by atoms with van der Waals surface area (Å²) < 4.78 is 6.02. The third-order valence-corrected chi connectivity index (χ3v) is 4.35. The van der Waals surface area contributed by atoms with Crippen molar-refractivity contribution in [2.75, 3.05) is 26.3 Å². The van der Waals surface area contributed by atoms with Crippen molar-refractivity contribution in [2.24, 2.45) is 0 Å². The summed E-state index contributed by atoms with van der Waals surface area (Å²) in [5.41, 5.74) is 2.07. The number of halogens is 1. The molecule has 3 rings (SSSR count). The SMILES string of the molecule is O=C(NCc1ccc(C(=O)N2CCOCC2)cc1)c1cncc(Br)c1. The molecule has 6 nitrogen and oxygen atoms in total. The highest BCUT2D eigenvalue weighted by atomic mass is 79.9. The van der Waals surface area contributed by atoms with Gasteiger partial charge in [0, 0.05) is 42.1 Å². The quantitative estimate of drug-likeness (QED) is 0.849. The summed E-state index contributed by atoms with van der Waals surface area (Å²) >= 11 is 3.29. The van der Waals surface area contributed by atoms with Crippen LogP contribution in [-0.2, 0) is 11.3 Å². The van der Waals surface area contributed by atoms with Gasteiger partial charge in [0.2, 0.25) is 0 Å². The van der Waals surface area contributed by atoms with Crippen molar-refractivity contribution in [3.8, 4) is 0 Å². The fourth-order valence-corrected chi connectivity index (χ4v) is 2.90. The van der Waals surface area contributed by atoms with Gasteiger partial charge in [-0.3, -0.25) is 14.6 Å². The molecular formula is C18H18BrN3O3. The van der Waals surface area contributed by atoms with Crippen LogP contribution >= 0.6 is 15.9 Å². The lowest BCUT2D eigenvalue weighted by atomic mass is 10.1. The lowest BCUT2D eigenvalue weighted by Crippen LogP contribution is -2.40. The second-order valence-electron chi connectivity index (χ2n) is 5.68. The van der Waals surface area contributed by atoms with Gasteiger partial charge in [-0.25, -0.2) is 0 Å². The number of carbonyl (C=O) groups is 2. The van der Waals surface area contributed by atoms with Crippen LogP contribution in [0.3, 0.4) is 0 Å².